The average Bonchev–Trinajstić information content (AvgIpc) is 2.63. The molecule has 5 nitrogen and oxygen atoms in total. The number of aromatic carboxylic acids is 1. The van der Waals surface area contributed by atoms with Gasteiger partial charge in [0.2, 0.25) is 0 Å². The van der Waals surface area contributed by atoms with Crippen molar-refractivity contribution in [2.75, 3.05) is 5.73 Å². The molecule has 0 bridgehead atoms. The second-order valence-electron chi connectivity index (χ2n) is 5.89. The number of anilines is 1. The molecule has 2 aromatic carbocycles. The molecular formula is C20H16Cl2N2O3. The van der Waals surface area contributed by atoms with Crippen LogP contribution in [0.2, 0.25) is 10.0 Å². The lowest BCUT2D eigenvalue weighted by molar-refractivity contribution is 0.0697. The van der Waals surface area contributed by atoms with Crippen molar-refractivity contribution in [1.29, 1.82) is 0 Å². The van der Waals surface area contributed by atoms with E-state index >= 15 is 0 Å². The van der Waals surface area contributed by atoms with E-state index in [1.807, 2.05) is 6.92 Å². The van der Waals surface area contributed by atoms with E-state index in [0.29, 0.717) is 21.4 Å². The Labute approximate surface area is 166 Å². The first-order chi connectivity index (χ1) is 12.9. The van der Waals surface area contributed by atoms with E-state index in [0.717, 1.165) is 11.1 Å². The predicted molar refractivity (Wildman–Crippen MR) is 107 cm³/mol. The minimum atomic E-state index is -0.980. The van der Waals surface area contributed by atoms with E-state index in [2.05, 4.69) is 4.98 Å². The van der Waals surface area contributed by atoms with Crippen molar-refractivity contribution in [2.45, 2.75) is 13.0 Å². The number of pyridine rings is 1. The molecule has 0 fully saturated rings. The van der Waals surface area contributed by atoms with Gasteiger partial charge in [-0.2, -0.15) is 0 Å². The highest BCUT2D eigenvalue weighted by molar-refractivity contribution is 6.36. The average molecular weight is 403 g/mol. The number of ether oxygens (including phenoxy) is 1. The van der Waals surface area contributed by atoms with Gasteiger partial charge in [0.15, 0.2) is 11.6 Å². The summed E-state index contributed by atoms with van der Waals surface area (Å²) in [7, 11) is 0. The fraction of sp³-hybridized carbons (Fsp3) is 0.100. The van der Waals surface area contributed by atoms with Crippen LogP contribution in [0.4, 0.5) is 5.82 Å². The molecular weight excluding hydrogens is 387 g/mol. The molecule has 0 aliphatic carbocycles. The van der Waals surface area contributed by atoms with Crippen LogP contribution in [-0.4, -0.2) is 16.1 Å². The maximum absolute atomic E-state index is 11.0. The maximum atomic E-state index is 11.0. The van der Waals surface area contributed by atoms with Crippen LogP contribution in [0.25, 0.3) is 11.1 Å². The number of nitrogens with two attached hydrogens (primary N) is 1. The Morgan fingerprint density at radius 3 is 2.33 bits per heavy atom. The predicted octanol–water partition coefficient (Wildman–Crippen LogP) is 5.48. The summed E-state index contributed by atoms with van der Waals surface area (Å²) in [6, 6.07) is 13.5. The first kappa shape index (κ1) is 19.0. The summed E-state index contributed by atoms with van der Waals surface area (Å²) < 4.78 is 5.97. The van der Waals surface area contributed by atoms with Gasteiger partial charge in [0.25, 0.3) is 0 Å². The zero-order valence-corrected chi connectivity index (χ0v) is 15.8. The van der Waals surface area contributed by atoms with Crippen LogP contribution < -0.4 is 10.5 Å². The van der Waals surface area contributed by atoms with Crippen LogP contribution in [0.1, 0.15) is 28.9 Å². The van der Waals surface area contributed by atoms with E-state index in [1.54, 1.807) is 42.6 Å². The van der Waals surface area contributed by atoms with Gasteiger partial charge in [-0.15, -0.1) is 0 Å². The molecule has 1 atom stereocenters. The third kappa shape index (κ3) is 4.15. The van der Waals surface area contributed by atoms with Crippen molar-refractivity contribution >= 4 is 35.0 Å². The molecule has 138 valence electrons. The Morgan fingerprint density at radius 1 is 1.11 bits per heavy atom. The van der Waals surface area contributed by atoms with Crippen molar-refractivity contribution in [3.63, 3.8) is 0 Å². The molecule has 0 amide bonds. The van der Waals surface area contributed by atoms with E-state index in [1.165, 1.54) is 12.1 Å². The van der Waals surface area contributed by atoms with E-state index in [4.69, 9.17) is 38.8 Å². The fourth-order valence-corrected chi connectivity index (χ4v) is 3.37. The number of aromatic nitrogens is 1. The number of carboxylic acids is 1. The highest BCUT2D eigenvalue weighted by atomic mass is 35.5. The third-order valence-electron chi connectivity index (χ3n) is 4.06. The number of hydrogen-bond donors (Lipinski definition) is 2. The molecule has 1 unspecified atom stereocenters. The van der Waals surface area contributed by atoms with Gasteiger partial charge in [-0.3, -0.25) is 0 Å². The standard InChI is InChI=1S/C20H16Cl2N2O3/c1-11(18-15(21)3-2-4-16(18)22)27-17-9-14(10-24-19(17)23)12-5-7-13(8-6-12)20(25)26/h2-11H,1H3,(H2,23,24)(H,25,26). The van der Waals surface area contributed by atoms with Gasteiger partial charge in [0.1, 0.15) is 6.10 Å². The topological polar surface area (TPSA) is 85.4 Å². The van der Waals surface area contributed by atoms with Crippen LogP contribution in [0, 0.1) is 0 Å². The number of carboxylic acid groups (broad SMARTS) is 1. The summed E-state index contributed by atoms with van der Waals surface area (Å²) in [4.78, 5) is 15.2. The molecule has 0 saturated heterocycles. The second kappa shape index (κ2) is 7.86. The summed E-state index contributed by atoms with van der Waals surface area (Å²) in [6.45, 7) is 1.82. The quantitative estimate of drug-likeness (QED) is 0.590. The van der Waals surface area contributed by atoms with Crippen molar-refractivity contribution in [3.8, 4) is 16.9 Å². The molecule has 7 heteroatoms. The highest BCUT2D eigenvalue weighted by Gasteiger charge is 2.17. The zero-order chi connectivity index (χ0) is 19.6. The Morgan fingerprint density at radius 2 is 1.74 bits per heavy atom. The molecule has 0 saturated carbocycles. The molecule has 1 heterocycles. The minimum Gasteiger partial charge on any atom is -0.482 e. The van der Waals surface area contributed by atoms with Crippen LogP contribution in [0.15, 0.2) is 54.7 Å². The van der Waals surface area contributed by atoms with Crippen molar-refractivity contribution in [1.82, 2.24) is 4.98 Å². The number of rotatable bonds is 5. The Balaban J connectivity index is 1.90. The number of hydrogen-bond acceptors (Lipinski definition) is 4. The summed E-state index contributed by atoms with van der Waals surface area (Å²) in [5, 5.41) is 10.0. The molecule has 3 aromatic rings. The van der Waals surface area contributed by atoms with Crippen LogP contribution >= 0.6 is 23.2 Å². The minimum absolute atomic E-state index is 0.209. The van der Waals surface area contributed by atoms with Crippen molar-refractivity contribution < 1.29 is 14.6 Å². The summed E-state index contributed by atoms with van der Waals surface area (Å²) >= 11 is 12.5. The first-order valence-electron chi connectivity index (χ1n) is 8.06. The number of nitrogen functional groups attached to an aromatic ring is 1. The number of carbonyl (C=O) groups is 1. The SMILES string of the molecule is CC(Oc1cc(-c2ccc(C(=O)O)cc2)cnc1N)c1c(Cl)cccc1Cl. The lowest BCUT2D eigenvalue weighted by atomic mass is 10.1. The van der Waals surface area contributed by atoms with Gasteiger partial charge in [0.05, 0.1) is 5.56 Å². The molecule has 3 N–H and O–H groups in total. The third-order valence-corrected chi connectivity index (χ3v) is 4.72. The molecule has 0 spiro atoms. The van der Waals surface area contributed by atoms with Gasteiger partial charge >= 0.3 is 5.97 Å². The lowest BCUT2D eigenvalue weighted by Crippen LogP contribution is -2.07. The molecule has 0 aliphatic heterocycles. The molecule has 1 aromatic heterocycles. The van der Waals surface area contributed by atoms with E-state index in [9.17, 15) is 4.79 Å². The Kier molecular flexibility index (Phi) is 5.54. The fourth-order valence-electron chi connectivity index (χ4n) is 2.66. The number of nitrogens with zero attached hydrogens (tertiary/aromatic N) is 1. The molecule has 0 aliphatic rings. The van der Waals surface area contributed by atoms with Crippen LogP contribution in [-0.2, 0) is 0 Å². The first-order valence-corrected chi connectivity index (χ1v) is 8.82. The highest BCUT2D eigenvalue weighted by Crippen LogP contribution is 2.35. The molecule has 27 heavy (non-hydrogen) atoms. The summed E-state index contributed by atoms with van der Waals surface area (Å²) in [5.74, 6) is -0.360. The molecule has 3 rings (SSSR count). The second-order valence-corrected chi connectivity index (χ2v) is 6.70. The molecule has 0 radical (unpaired) electrons. The van der Waals surface area contributed by atoms with Gasteiger partial charge in [0, 0.05) is 27.4 Å². The maximum Gasteiger partial charge on any atom is 0.335 e. The van der Waals surface area contributed by atoms with Gasteiger partial charge in [-0.1, -0.05) is 41.4 Å². The number of halogens is 2. The van der Waals surface area contributed by atoms with Crippen molar-refractivity contribution in [3.05, 3.63) is 75.9 Å². The zero-order valence-electron chi connectivity index (χ0n) is 14.3. The monoisotopic (exact) mass is 402 g/mol. The van der Waals surface area contributed by atoms with Gasteiger partial charge in [-0.25, -0.2) is 9.78 Å². The normalized spacial score (nSPS) is 11.8. The van der Waals surface area contributed by atoms with E-state index < -0.39 is 12.1 Å². The Hall–Kier alpha value is -2.76. The summed E-state index contributed by atoms with van der Waals surface area (Å²) in [5.41, 5.74) is 8.36. The lowest BCUT2D eigenvalue weighted by Gasteiger charge is -2.19. The van der Waals surface area contributed by atoms with E-state index in [-0.39, 0.29) is 11.4 Å². The number of benzene rings is 2. The van der Waals surface area contributed by atoms with Crippen LogP contribution in [0.3, 0.4) is 0 Å². The largest absolute Gasteiger partial charge is 0.482 e. The smallest absolute Gasteiger partial charge is 0.335 e. The van der Waals surface area contributed by atoms with Crippen molar-refractivity contribution in [2.24, 2.45) is 0 Å². The summed E-state index contributed by atoms with van der Waals surface area (Å²) in [6.07, 6.45) is 1.16. The van der Waals surface area contributed by atoms with Gasteiger partial charge in [-0.05, 0) is 42.8 Å². The van der Waals surface area contributed by atoms with Crippen LogP contribution in [0.5, 0.6) is 5.75 Å². The Bertz CT molecular complexity index is 971. The van der Waals surface area contributed by atoms with Gasteiger partial charge < -0.3 is 15.6 Å².